The van der Waals surface area contributed by atoms with Crippen LogP contribution in [0.5, 0.6) is 0 Å². The molecule has 0 aliphatic carbocycles. The van der Waals surface area contributed by atoms with Crippen molar-refractivity contribution >= 4 is 11.6 Å². The van der Waals surface area contributed by atoms with E-state index in [2.05, 4.69) is 10.3 Å². The molecule has 0 radical (unpaired) electrons. The van der Waals surface area contributed by atoms with Gasteiger partial charge in [-0.1, -0.05) is 12.1 Å². The second-order valence-corrected chi connectivity index (χ2v) is 3.98. The van der Waals surface area contributed by atoms with E-state index in [0.717, 1.165) is 18.7 Å². The molecule has 1 amide bonds. The Balaban J connectivity index is 1.90. The number of rotatable bonds is 5. The van der Waals surface area contributed by atoms with Crippen LogP contribution in [-0.4, -0.2) is 17.4 Å². The molecule has 0 spiro atoms. The number of pyridine rings is 1. The molecule has 2 rings (SSSR count). The molecule has 0 atom stereocenters. The minimum Gasteiger partial charge on any atom is -0.385 e. The van der Waals surface area contributed by atoms with Gasteiger partial charge in [-0.2, -0.15) is 0 Å². The van der Waals surface area contributed by atoms with Gasteiger partial charge in [0.25, 0.3) is 0 Å². The number of nitrogens with two attached hydrogens (primary N) is 1. The van der Waals surface area contributed by atoms with Crippen molar-refractivity contribution in [2.45, 2.75) is 6.42 Å². The first-order valence-corrected chi connectivity index (χ1v) is 5.78. The summed E-state index contributed by atoms with van der Waals surface area (Å²) in [4.78, 5) is 15.1. The van der Waals surface area contributed by atoms with E-state index in [-0.39, 0.29) is 0 Å². The van der Waals surface area contributed by atoms with Crippen LogP contribution in [0, 0.1) is 0 Å². The van der Waals surface area contributed by atoms with Crippen molar-refractivity contribution in [3.63, 3.8) is 0 Å². The molecule has 2 aromatic rings. The Morgan fingerprint density at radius 3 is 2.89 bits per heavy atom. The molecule has 92 valence electrons. The van der Waals surface area contributed by atoms with Crippen LogP contribution in [0.15, 0.2) is 48.8 Å². The number of hydrogen-bond donors (Lipinski definition) is 2. The van der Waals surface area contributed by atoms with Gasteiger partial charge in [0.15, 0.2) is 0 Å². The lowest BCUT2D eigenvalue weighted by Crippen LogP contribution is -2.11. The molecule has 0 bridgehead atoms. The normalized spacial score (nSPS) is 10.0. The average molecular weight is 241 g/mol. The zero-order valence-corrected chi connectivity index (χ0v) is 9.97. The molecule has 3 N–H and O–H groups in total. The molecule has 0 saturated heterocycles. The van der Waals surface area contributed by atoms with Crippen LogP contribution >= 0.6 is 0 Å². The Kier molecular flexibility index (Phi) is 3.91. The number of nitrogens with zero attached hydrogens (tertiary/aromatic N) is 1. The van der Waals surface area contributed by atoms with Crippen LogP contribution in [0.4, 0.5) is 5.69 Å². The average Bonchev–Trinajstić information content (AvgIpc) is 2.40. The summed E-state index contributed by atoms with van der Waals surface area (Å²) in [7, 11) is 0. The summed E-state index contributed by atoms with van der Waals surface area (Å²) in [5.41, 5.74) is 7.82. The molecule has 0 unspecified atom stereocenters. The Hall–Kier alpha value is -2.36. The van der Waals surface area contributed by atoms with E-state index in [0.29, 0.717) is 5.56 Å². The lowest BCUT2D eigenvalue weighted by molar-refractivity contribution is 0.100. The van der Waals surface area contributed by atoms with Gasteiger partial charge in [-0.05, 0) is 36.2 Å². The van der Waals surface area contributed by atoms with Crippen molar-refractivity contribution in [1.82, 2.24) is 4.98 Å². The number of carbonyl (C=O) groups is 1. The number of nitrogens with one attached hydrogen (secondary N) is 1. The highest BCUT2D eigenvalue weighted by molar-refractivity contribution is 5.93. The van der Waals surface area contributed by atoms with Crippen LogP contribution < -0.4 is 11.1 Å². The molecule has 1 heterocycles. The zero-order chi connectivity index (χ0) is 12.8. The molecule has 0 fully saturated rings. The van der Waals surface area contributed by atoms with Crippen LogP contribution in [0.1, 0.15) is 15.9 Å². The van der Waals surface area contributed by atoms with Crippen LogP contribution in [0.2, 0.25) is 0 Å². The summed E-state index contributed by atoms with van der Waals surface area (Å²) in [6.45, 7) is 0.786. The summed E-state index contributed by atoms with van der Waals surface area (Å²) < 4.78 is 0. The summed E-state index contributed by atoms with van der Waals surface area (Å²) in [5, 5.41) is 3.25. The molecule has 18 heavy (non-hydrogen) atoms. The largest absolute Gasteiger partial charge is 0.385 e. The standard InChI is InChI=1S/C14H15N3O/c15-14(18)12-4-1-5-13(9-12)17-8-6-11-3-2-7-16-10-11/h1-5,7,9-10,17H,6,8H2,(H2,15,18). The molecule has 4 nitrogen and oxygen atoms in total. The van der Waals surface area contributed by atoms with E-state index in [9.17, 15) is 4.79 Å². The summed E-state index contributed by atoms with van der Waals surface area (Å²) in [6, 6.07) is 11.1. The second kappa shape index (κ2) is 5.82. The topological polar surface area (TPSA) is 68.0 Å². The monoisotopic (exact) mass is 241 g/mol. The van der Waals surface area contributed by atoms with Gasteiger partial charge in [0.05, 0.1) is 0 Å². The highest BCUT2D eigenvalue weighted by Gasteiger charge is 2.00. The van der Waals surface area contributed by atoms with E-state index in [1.165, 1.54) is 5.56 Å². The molecule has 0 aliphatic rings. The molecule has 1 aromatic carbocycles. The minimum atomic E-state index is -0.411. The molecule has 0 aliphatic heterocycles. The molecule has 4 heteroatoms. The lowest BCUT2D eigenvalue weighted by Gasteiger charge is -2.07. The Bertz CT molecular complexity index is 526. The third kappa shape index (κ3) is 3.31. The van der Waals surface area contributed by atoms with Crippen LogP contribution in [-0.2, 0) is 6.42 Å². The number of aromatic nitrogens is 1. The van der Waals surface area contributed by atoms with Gasteiger partial charge in [-0.25, -0.2) is 0 Å². The Morgan fingerprint density at radius 2 is 2.17 bits per heavy atom. The maximum atomic E-state index is 11.0. The van der Waals surface area contributed by atoms with E-state index in [1.54, 1.807) is 18.3 Å². The fourth-order valence-corrected chi connectivity index (χ4v) is 1.68. The predicted molar refractivity (Wildman–Crippen MR) is 71.4 cm³/mol. The second-order valence-electron chi connectivity index (χ2n) is 3.98. The molecule has 1 aromatic heterocycles. The quantitative estimate of drug-likeness (QED) is 0.839. The van der Waals surface area contributed by atoms with Crippen molar-refractivity contribution in [1.29, 1.82) is 0 Å². The van der Waals surface area contributed by atoms with Gasteiger partial charge >= 0.3 is 0 Å². The maximum absolute atomic E-state index is 11.0. The van der Waals surface area contributed by atoms with Gasteiger partial charge in [0, 0.05) is 30.2 Å². The number of anilines is 1. The predicted octanol–water partition coefficient (Wildman–Crippen LogP) is 1.84. The number of hydrogen-bond acceptors (Lipinski definition) is 3. The third-order valence-electron chi connectivity index (χ3n) is 2.61. The first kappa shape index (κ1) is 12.1. The number of carbonyl (C=O) groups excluding carboxylic acids is 1. The number of amides is 1. The zero-order valence-electron chi connectivity index (χ0n) is 9.97. The van der Waals surface area contributed by atoms with Crippen molar-refractivity contribution in [3.8, 4) is 0 Å². The minimum absolute atomic E-state index is 0.411. The van der Waals surface area contributed by atoms with Crippen LogP contribution in [0.3, 0.4) is 0 Å². The molecular formula is C14H15N3O. The van der Waals surface area contributed by atoms with Crippen molar-refractivity contribution in [3.05, 3.63) is 59.9 Å². The fraction of sp³-hybridized carbons (Fsp3) is 0.143. The summed E-state index contributed by atoms with van der Waals surface area (Å²) >= 11 is 0. The first-order valence-electron chi connectivity index (χ1n) is 5.78. The molecular weight excluding hydrogens is 226 g/mol. The van der Waals surface area contributed by atoms with E-state index < -0.39 is 5.91 Å². The van der Waals surface area contributed by atoms with Gasteiger partial charge < -0.3 is 11.1 Å². The highest BCUT2D eigenvalue weighted by Crippen LogP contribution is 2.10. The Labute approximate surface area is 106 Å². The first-order chi connectivity index (χ1) is 8.75. The fourth-order valence-electron chi connectivity index (χ4n) is 1.68. The highest BCUT2D eigenvalue weighted by atomic mass is 16.1. The number of benzene rings is 1. The SMILES string of the molecule is NC(=O)c1cccc(NCCc2cccnc2)c1. The Morgan fingerprint density at radius 1 is 1.28 bits per heavy atom. The van der Waals surface area contributed by atoms with Crippen molar-refractivity contribution < 1.29 is 4.79 Å². The lowest BCUT2D eigenvalue weighted by atomic mass is 10.2. The van der Waals surface area contributed by atoms with Crippen LogP contribution in [0.25, 0.3) is 0 Å². The van der Waals surface area contributed by atoms with E-state index >= 15 is 0 Å². The van der Waals surface area contributed by atoms with Crippen molar-refractivity contribution in [2.24, 2.45) is 5.73 Å². The van der Waals surface area contributed by atoms with Gasteiger partial charge in [-0.15, -0.1) is 0 Å². The third-order valence-corrected chi connectivity index (χ3v) is 2.61. The summed E-state index contributed by atoms with van der Waals surface area (Å²) in [6.07, 6.45) is 4.49. The number of primary amides is 1. The van der Waals surface area contributed by atoms with E-state index in [4.69, 9.17) is 5.73 Å². The van der Waals surface area contributed by atoms with Gasteiger partial charge in [0.2, 0.25) is 5.91 Å². The molecule has 0 saturated carbocycles. The van der Waals surface area contributed by atoms with Crippen molar-refractivity contribution in [2.75, 3.05) is 11.9 Å². The van der Waals surface area contributed by atoms with Gasteiger partial charge in [0.1, 0.15) is 0 Å². The maximum Gasteiger partial charge on any atom is 0.248 e. The van der Waals surface area contributed by atoms with Gasteiger partial charge in [-0.3, -0.25) is 9.78 Å². The summed E-state index contributed by atoms with van der Waals surface area (Å²) in [5.74, 6) is -0.411. The van der Waals surface area contributed by atoms with E-state index in [1.807, 2.05) is 30.5 Å². The smallest absolute Gasteiger partial charge is 0.248 e.